The maximum Gasteiger partial charge on any atom is 0.309 e. The molecule has 0 unspecified atom stereocenters. The van der Waals surface area contributed by atoms with Gasteiger partial charge in [-0.1, -0.05) is 11.6 Å². The number of hydrogen-bond donors (Lipinski definition) is 2. The van der Waals surface area contributed by atoms with Crippen LogP contribution in [0.1, 0.15) is 46.5 Å². The largest absolute Gasteiger partial charge is 0.460 e. The third-order valence-corrected chi connectivity index (χ3v) is 4.15. The molecule has 6 nitrogen and oxygen atoms in total. The summed E-state index contributed by atoms with van der Waals surface area (Å²) in [4.78, 5) is 20.3. The van der Waals surface area contributed by atoms with Crippen molar-refractivity contribution in [2.24, 2.45) is 5.92 Å². The lowest BCUT2D eigenvalue weighted by Crippen LogP contribution is -2.34. The minimum absolute atomic E-state index is 0.00923. The lowest BCUT2D eigenvalue weighted by molar-refractivity contribution is -0.161. The SMILES string of the molecule is CNc1c(Cl)ncnc1NC1CCC(C(=O)OC(C)(C)C)CC1. The number of carbonyl (C=O) groups is 1. The summed E-state index contributed by atoms with van der Waals surface area (Å²) >= 11 is 6.06. The number of ether oxygens (including phenoxy) is 1. The molecule has 0 saturated heterocycles. The fourth-order valence-electron chi connectivity index (χ4n) is 2.75. The van der Waals surface area contributed by atoms with Gasteiger partial charge in [0.1, 0.15) is 17.6 Å². The second kappa shape index (κ2) is 7.34. The molecule has 0 bridgehead atoms. The van der Waals surface area contributed by atoms with Crippen molar-refractivity contribution >= 4 is 29.1 Å². The average Bonchev–Trinajstić information content (AvgIpc) is 2.46. The molecular formula is C16H25ClN4O2. The van der Waals surface area contributed by atoms with Gasteiger partial charge >= 0.3 is 5.97 Å². The van der Waals surface area contributed by atoms with E-state index in [4.69, 9.17) is 16.3 Å². The second-order valence-electron chi connectivity index (χ2n) is 6.86. The number of nitrogens with one attached hydrogen (secondary N) is 2. The highest BCUT2D eigenvalue weighted by Crippen LogP contribution is 2.31. The molecule has 2 rings (SSSR count). The number of nitrogens with zero attached hydrogens (tertiary/aromatic N) is 2. The first-order valence-electron chi connectivity index (χ1n) is 7.98. The van der Waals surface area contributed by atoms with Crippen molar-refractivity contribution in [2.45, 2.75) is 58.1 Å². The van der Waals surface area contributed by atoms with E-state index in [0.717, 1.165) is 25.7 Å². The van der Waals surface area contributed by atoms with Crippen LogP contribution in [0.4, 0.5) is 11.5 Å². The van der Waals surface area contributed by atoms with Crippen molar-refractivity contribution in [1.29, 1.82) is 0 Å². The summed E-state index contributed by atoms with van der Waals surface area (Å²) in [7, 11) is 1.79. The number of anilines is 2. The Bertz CT molecular complexity index is 552. The normalized spacial score (nSPS) is 21.6. The van der Waals surface area contributed by atoms with Crippen LogP contribution in [0.5, 0.6) is 0 Å². The van der Waals surface area contributed by atoms with Gasteiger partial charge in [0.05, 0.1) is 5.92 Å². The van der Waals surface area contributed by atoms with Gasteiger partial charge in [0, 0.05) is 13.1 Å². The van der Waals surface area contributed by atoms with Crippen LogP contribution in [0.2, 0.25) is 5.15 Å². The highest BCUT2D eigenvalue weighted by molar-refractivity contribution is 6.32. The lowest BCUT2D eigenvalue weighted by Gasteiger charge is -2.30. The van der Waals surface area contributed by atoms with Gasteiger partial charge in [-0.15, -0.1) is 0 Å². The monoisotopic (exact) mass is 340 g/mol. The maximum atomic E-state index is 12.1. The molecule has 0 atom stereocenters. The minimum atomic E-state index is -0.425. The molecule has 7 heteroatoms. The lowest BCUT2D eigenvalue weighted by atomic mass is 9.86. The summed E-state index contributed by atoms with van der Waals surface area (Å²) in [5.41, 5.74) is 0.273. The van der Waals surface area contributed by atoms with E-state index in [0.29, 0.717) is 16.7 Å². The zero-order chi connectivity index (χ0) is 17.0. The summed E-state index contributed by atoms with van der Waals surface area (Å²) in [6.07, 6.45) is 4.88. The molecule has 0 amide bonds. The summed E-state index contributed by atoms with van der Waals surface area (Å²) < 4.78 is 5.48. The molecule has 1 saturated carbocycles. The topological polar surface area (TPSA) is 76.1 Å². The Morgan fingerprint density at radius 2 is 1.91 bits per heavy atom. The predicted molar refractivity (Wildman–Crippen MR) is 91.8 cm³/mol. The van der Waals surface area contributed by atoms with Crippen molar-refractivity contribution in [3.8, 4) is 0 Å². The van der Waals surface area contributed by atoms with Crippen LogP contribution >= 0.6 is 11.6 Å². The van der Waals surface area contributed by atoms with E-state index in [1.54, 1.807) is 7.05 Å². The first-order valence-corrected chi connectivity index (χ1v) is 8.35. The van der Waals surface area contributed by atoms with Crippen molar-refractivity contribution < 1.29 is 9.53 Å². The van der Waals surface area contributed by atoms with Crippen LogP contribution in [-0.4, -0.2) is 34.6 Å². The van der Waals surface area contributed by atoms with Gasteiger partial charge in [-0.25, -0.2) is 9.97 Å². The Hall–Kier alpha value is -1.56. The van der Waals surface area contributed by atoms with Crippen molar-refractivity contribution in [3.05, 3.63) is 11.5 Å². The first-order chi connectivity index (χ1) is 10.8. The van der Waals surface area contributed by atoms with Crippen molar-refractivity contribution in [1.82, 2.24) is 9.97 Å². The van der Waals surface area contributed by atoms with E-state index in [1.165, 1.54) is 6.33 Å². The second-order valence-corrected chi connectivity index (χ2v) is 7.22. The fraction of sp³-hybridized carbons (Fsp3) is 0.688. The Morgan fingerprint density at radius 1 is 1.26 bits per heavy atom. The summed E-state index contributed by atoms with van der Waals surface area (Å²) in [6.45, 7) is 5.70. The third-order valence-electron chi connectivity index (χ3n) is 3.86. The smallest absolute Gasteiger partial charge is 0.309 e. The number of aromatic nitrogens is 2. The maximum absolute atomic E-state index is 12.1. The molecule has 1 aliphatic rings. The molecular weight excluding hydrogens is 316 g/mol. The molecule has 0 aromatic carbocycles. The number of rotatable bonds is 4. The van der Waals surface area contributed by atoms with Gasteiger partial charge in [-0.05, 0) is 46.5 Å². The fourth-order valence-corrected chi connectivity index (χ4v) is 2.97. The van der Waals surface area contributed by atoms with Crippen molar-refractivity contribution in [2.75, 3.05) is 17.7 Å². The summed E-state index contributed by atoms with van der Waals surface area (Å²) in [5, 5.41) is 6.81. The molecule has 0 spiro atoms. The van der Waals surface area contributed by atoms with Crippen molar-refractivity contribution in [3.63, 3.8) is 0 Å². The number of halogens is 1. The average molecular weight is 341 g/mol. The Balaban J connectivity index is 1.90. The van der Waals surface area contributed by atoms with Crippen LogP contribution < -0.4 is 10.6 Å². The van der Waals surface area contributed by atoms with E-state index >= 15 is 0 Å². The standard InChI is InChI=1S/C16H25ClN4O2/c1-16(2,3)23-15(22)10-5-7-11(8-6-10)21-14-12(18-4)13(17)19-9-20-14/h9-11,18H,5-8H2,1-4H3,(H,19,20,21). The molecule has 1 aliphatic carbocycles. The Labute approximate surface area is 142 Å². The molecule has 0 radical (unpaired) electrons. The highest BCUT2D eigenvalue weighted by Gasteiger charge is 2.30. The van der Waals surface area contributed by atoms with Gasteiger partial charge in [0.25, 0.3) is 0 Å². The number of esters is 1. The van der Waals surface area contributed by atoms with E-state index in [-0.39, 0.29) is 17.9 Å². The highest BCUT2D eigenvalue weighted by atomic mass is 35.5. The molecule has 1 fully saturated rings. The van der Waals surface area contributed by atoms with E-state index in [9.17, 15) is 4.79 Å². The summed E-state index contributed by atoms with van der Waals surface area (Å²) in [6, 6.07) is 0.270. The van der Waals surface area contributed by atoms with Gasteiger partial charge in [-0.2, -0.15) is 0 Å². The molecule has 1 heterocycles. The molecule has 23 heavy (non-hydrogen) atoms. The van der Waals surface area contributed by atoms with Gasteiger partial charge < -0.3 is 15.4 Å². The Morgan fingerprint density at radius 3 is 2.48 bits per heavy atom. The molecule has 128 valence electrons. The van der Waals surface area contributed by atoms with Gasteiger partial charge in [0.15, 0.2) is 11.0 Å². The first kappa shape index (κ1) is 17.8. The van der Waals surface area contributed by atoms with Gasteiger partial charge in [-0.3, -0.25) is 4.79 Å². The van der Waals surface area contributed by atoms with Crippen LogP contribution in [0.25, 0.3) is 0 Å². The molecule has 1 aromatic rings. The predicted octanol–water partition coefficient (Wildman–Crippen LogP) is 3.48. The zero-order valence-corrected chi connectivity index (χ0v) is 14.9. The summed E-state index contributed by atoms with van der Waals surface area (Å²) in [5.74, 6) is 0.607. The van der Waals surface area contributed by atoms with Crippen LogP contribution in [0, 0.1) is 5.92 Å². The number of hydrogen-bond acceptors (Lipinski definition) is 6. The zero-order valence-electron chi connectivity index (χ0n) is 14.1. The van der Waals surface area contributed by atoms with Crippen LogP contribution in [-0.2, 0) is 9.53 Å². The minimum Gasteiger partial charge on any atom is -0.460 e. The molecule has 1 aromatic heterocycles. The third kappa shape index (κ3) is 4.96. The van der Waals surface area contributed by atoms with Crippen LogP contribution in [0.3, 0.4) is 0 Å². The molecule has 2 N–H and O–H groups in total. The quantitative estimate of drug-likeness (QED) is 0.645. The van der Waals surface area contributed by atoms with Gasteiger partial charge in [0.2, 0.25) is 0 Å². The van der Waals surface area contributed by atoms with E-state index in [1.807, 2.05) is 20.8 Å². The number of carbonyl (C=O) groups excluding carboxylic acids is 1. The van der Waals surface area contributed by atoms with E-state index in [2.05, 4.69) is 20.6 Å². The Kier molecular flexibility index (Phi) is 5.68. The molecule has 0 aliphatic heterocycles. The van der Waals surface area contributed by atoms with E-state index < -0.39 is 5.60 Å². The van der Waals surface area contributed by atoms with Crippen LogP contribution in [0.15, 0.2) is 6.33 Å².